The second-order valence-electron chi connectivity index (χ2n) is 8.33. The van der Waals surface area contributed by atoms with Gasteiger partial charge < -0.3 is 0 Å². The van der Waals surface area contributed by atoms with Gasteiger partial charge in [-0.25, -0.2) is 4.98 Å². The van der Waals surface area contributed by atoms with Crippen LogP contribution in [0.4, 0.5) is 0 Å². The zero-order valence-electron chi connectivity index (χ0n) is 14.8. The lowest BCUT2D eigenvalue weighted by molar-refractivity contribution is 0.535. The Morgan fingerprint density at radius 3 is 1.96 bits per heavy atom. The van der Waals surface area contributed by atoms with E-state index in [4.69, 9.17) is 11.6 Å². The summed E-state index contributed by atoms with van der Waals surface area (Å²) >= 11 is 6.42. The summed E-state index contributed by atoms with van der Waals surface area (Å²) in [6.45, 7) is 13.7. The second kappa shape index (κ2) is 5.21. The number of hydrogen-bond acceptors (Lipinski definition) is 1. The van der Waals surface area contributed by atoms with Gasteiger partial charge >= 0.3 is 0 Å². The van der Waals surface area contributed by atoms with Gasteiger partial charge in [0, 0.05) is 10.8 Å². The molecular formula is C21H24ClN. The van der Waals surface area contributed by atoms with Crippen LogP contribution < -0.4 is 0 Å². The van der Waals surface area contributed by atoms with Crippen LogP contribution in [0.2, 0.25) is 5.15 Å². The molecule has 1 aromatic heterocycles. The van der Waals surface area contributed by atoms with Crippen molar-refractivity contribution in [2.24, 2.45) is 0 Å². The summed E-state index contributed by atoms with van der Waals surface area (Å²) in [5, 5.41) is 4.04. The Balaban J connectivity index is 2.62. The quantitative estimate of drug-likeness (QED) is 0.333. The number of fused-ring (bicyclic) bond motifs is 3. The molecule has 120 valence electrons. The molecule has 0 amide bonds. The molecule has 0 saturated carbocycles. The van der Waals surface area contributed by atoms with Crippen molar-refractivity contribution in [3.8, 4) is 0 Å². The molecule has 1 heterocycles. The molecule has 0 bridgehead atoms. The molecular weight excluding hydrogens is 302 g/mol. The van der Waals surface area contributed by atoms with Crippen molar-refractivity contribution >= 4 is 33.3 Å². The van der Waals surface area contributed by atoms with E-state index in [9.17, 15) is 0 Å². The highest BCUT2D eigenvalue weighted by Gasteiger charge is 2.28. The summed E-state index contributed by atoms with van der Waals surface area (Å²) in [5.41, 5.74) is 3.85. The van der Waals surface area contributed by atoms with Gasteiger partial charge in [-0.05, 0) is 33.4 Å². The molecule has 0 atom stereocenters. The molecule has 0 N–H and O–H groups in total. The van der Waals surface area contributed by atoms with E-state index in [1.54, 1.807) is 0 Å². The first-order valence-corrected chi connectivity index (χ1v) is 8.50. The van der Waals surface area contributed by atoms with Crippen LogP contribution in [0.15, 0.2) is 36.4 Å². The third-order valence-corrected chi connectivity index (χ3v) is 4.67. The molecule has 0 aliphatic heterocycles. The smallest absolute Gasteiger partial charge is 0.137 e. The number of rotatable bonds is 0. The Hall–Kier alpha value is -1.60. The number of pyridine rings is 1. The Bertz CT molecular complexity index is 895. The van der Waals surface area contributed by atoms with Crippen LogP contribution in [0.3, 0.4) is 0 Å². The second-order valence-corrected chi connectivity index (χ2v) is 8.69. The first-order chi connectivity index (χ1) is 10.6. The van der Waals surface area contributed by atoms with Crippen molar-refractivity contribution in [2.45, 2.75) is 52.4 Å². The molecule has 0 unspecified atom stereocenters. The van der Waals surface area contributed by atoms with Gasteiger partial charge in [-0.3, -0.25) is 0 Å². The monoisotopic (exact) mass is 325 g/mol. The highest BCUT2D eigenvalue weighted by atomic mass is 35.5. The Kier molecular flexibility index (Phi) is 3.68. The van der Waals surface area contributed by atoms with Gasteiger partial charge in [-0.15, -0.1) is 0 Å². The maximum Gasteiger partial charge on any atom is 0.137 e. The molecule has 0 aliphatic carbocycles. The minimum atomic E-state index is 0.0282. The van der Waals surface area contributed by atoms with Crippen molar-refractivity contribution < 1.29 is 0 Å². The van der Waals surface area contributed by atoms with Crippen LogP contribution in [-0.2, 0) is 10.8 Å². The molecule has 0 radical (unpaired) electrons. The van der Waals surface area contributed by atoms with Crippen molar-refractivity contribution in [1.82, 2.24) is 4.98 Å². The molecule has 0 aliphatic rings. The lowest BCUT2D eigenvalue weighted by Crippen LogP contribution is -2.22. The van der Waals surface area contributed by atoms with Gasteiger partial charge in [-0.2, -0.15) is 0 Å². The highest BCUT2D eigenvalue weighted by Crippen LogP contribution is 2.41. The van der Waals surface area contributed by atoms with E-state index >= 15 is 0 Å². The maximum atomic E-state index is 6.42. The zero-order valence-corrected chi connectivity index (χ0v) is 15.5. The van der Waals surface area contributed by atoms with Crippen molar-refractivity contribution in [2.75, 3.05) is 0 Å². The molecule has 0 spiro atoms. The van der Waals surface area contributed by atoms with Crippen LogP contribution in [-0.4, -0.2) is 4.98 Å². The largest absolute Gasteiger partial charge is 0.235 e. The maximum absolute atomic E-state index is 6.42. The van der Waals surface area contributed by atoms with Crippen molar-refractivity contribution in [3.05, 3.63) is 52.7 Å². The van der Waals surface area contributed by atoms with Crippen LogP contribution in [0.25, 0.3) is 21.7 Å². The first-order valence-electron chi connectivity index (χ1n) is 8.12. The van der Waals surface area contributed by atoms with E-state index in [1.165, 1.54) is 21.9 Å². The minimum Gasteiger partial charge on any atom is -0.235 e. The number of halogens is 1. The molecule has 23 heavy (non-hydrogen) atoms. The normalized spacial score (nSPS) is 13.0. The van der Waals surface area contributed by atoms with E-state index < -0.39 is 0 Å². The van der Waals surface area contributed by atoms with Gasteiger partial charge in [0.2, 0.25) is 0 Å². The lowest BCUT2D eigenvalue weighted by atomic mass is 9.73. The van der Waals surface area contributed by atoms with Crippen LogP contribution in [0, 0.1) is 0 Å². The predicted molar refractivity (Wildman–Crippen MR) is 102 cm³/mol. The Morgan fingerprint density at radius 1 is 0.783 bits per heavy atom. The van der Waals surface area contributed by atoms with Gasteiger partial charge in [-0.1, -0.05) is 83.5 Å². The number of aromatic nitrogens is 1. The third kappa shape index (κ3) is 2.72. The van der Waals surface area contributed by atoms with Crippen LogP contribution in [0.5, 0.6) is 0 Å². The molecule has 1 nitrogen and oxygen atoms in total. The summed E-state index contributed by atoms with van der Waals surface area (Å²) < 4.78 is 0. The van der Waals surface area contributed by atoms with Gasteiger partial charge in [0.25, 0.3) is 0 Å². The summed E-state index contributed by atoms with van der Waals surface area (Å²) in [5.74, 6) is 0. The number of benzene rings is 2. The fraction of sp³-hybridized carbons (Fsp3) is 0.381. The van der Waals surface area contributed by atoms with Crippen molar-refractivity contribution in [3.63, 3.8) is 0 Å². The van der Waals surface area contributed by atoms with Gasteiger partial charge in [0.1, 0.15) is 5.15 Å². The number of nitrogens with zero attached hydrogens (tertiary/aromatic N) is 1. The summed E-state index contributed by atoms with van der Waals surface area (Å²) in [4.78, 5) is 4.67. The van der Waals surface area contributed by atoms with Crippen molar-refractivity contribution in [1.29, 1.82) is 0 Å². The van der Waals surface area contributed by atoms with E-state index in [1.807, 2.05) is 6.07 Å². The fourth-order valence-corrected chi connectivity index (χ4v) is 3.66. The summed E-state index contributed by atoms with van der Waals surface area (Å²) in [6.07, 6.45) is 0. The molecule has 2 aromatic carbocycles. The molecule has 3 rings (SSSR count). The Labute approximate surface area is 143 Å². The van der Waals surface area contributed by atoms with Crippen LogP contribution >= 0.6 is 11.6 Å². The number of hydrogen-bond donors (Lipinski definition) is 0. The SMILES string of the molecule is CC(C)(C)c1ccc2nc(Cl)c3ccccc3c2c1C(C)(C)C. The minimum absolute atomic E-state index is 0.0282. The average molecular weight is 326 g/mol. The van der Waals surface area contributed by atoms with E-state index in [0.29, 0.717) is 5.15 Å². The Morgan fingerprint density at radius 2 is 1.39 bits per heavy atom. The standard InChI is InChI=1S/C21H24ClN/c1-20(2,3)15-11-12-16-17(18(15)21(4,5)6)13-9-7-8-10-14(13)19(22)23-16/h7-12H,1-6H3. The van der Waals surface area contributed by atoms with Gasteiger partial charge in [0.05, 0.1) is 5.52 Å². The lowest BCUT2D eigenvalue weighted by Gasteiger charge is -2.32. The van der Waals surface area contributed by atoms with Gasteiger partial charge in [0.15, 0.2) is 0 Å². The predicted octanol–water partition coefficient (Wildman–Crippen LogP) is 6.64. The zero-order chi connectivity index (χ0) is 17.0. The average Bonchev–Trinajstić information content (AvgIpc) is 2.44. The first kappa shape index (κ1) is 16.3. The highest BCUT2D eigenvalue weighted by molar-refractivity contribution is 6.35. The van der Waals surface area contributed by atoms with E-state index in [2.05, 4.69) is 76.9 Å². The third-order valence-electron chi connectivity index (χ3n) is 4.38. The summed E-state index contributed by atoms with van der Waals surface area (Å²) in [6, 6.07) is 12.7. The molecule has 0 saturated heterocycles. The van der Waals surface area contributed by atoms with E-state index in [0.717, 1.165) is 10.9 Å². The van der Waals surface area contributed by atoms with Crippen LogP contribution in [0.1, 0.15) is 52.7 Å². The van der Waals surface area contributed by atoms with E-state index in [-0.39, 0.29) is 10.8 Å². The topological polar surface area (TPSA) is 12.9 Å². The summed E-state index contributed by atoms with van der Waals surface area (Å²) in [7, 11) is 0. The molecule has 0 fully saturated rings. The molecule has 2 heteroatoms. The molecule has 3 aromatic rings. The fourth-order valence-electron chi connectivity index (χ4n) is 3.41.